The number of ether oxygens (including phenoxy) is 2. The van der Waals surface area contributed by atoms with Crippen LogP contribution < -0.4 is 20.1 Å². The van der Waals surface area contributed by atoms with Gasteiger partial charge in [0.2, 0.25) is 11.9 Å². The van der Waals surface area contributed by atoms with Gasteiger partial charge in [-0.1, -0.05) is 0 Å². The van der Waals surface area contributed by atoms with E-state index in [1.807, 2.05) is 14.1 Å². The second-order valence-electron chi connectivity index (χ2n) is 4.28. The summed E-state index contributed by atoms with van der Waals surface area (Å²) in [4.78, 5) is 14.4. The molecule has 0 aliphatic carbocycles. The van der Waals surface area contributed by atoms with Gasteiger partial charge in [-0.3, -0.25) is 0 Å². The van der Waals surface area contributed by atoms with Crippen LogP contribution in [0.25, 0.3) is 11.4 Å². The minimum atomic E-state index is 0.156. The lowest BCUT2D eigenvalue weighted by atomic mass is 10.1. The fourth-order valence-corrected chi connectivity index (χ4v) is 1.69. The molecule has 0 spiro atoms. The molecule has 0 radical (unpaired) electrons. The Hall–Kier alpha value is -2.57. The van der Waals surface area contributed by atoms with Crippen LogP contribution in [0.4, 0.5) is 11.9 Å². The van der Waals surface area contributed by atoms with Crippen LogP contribution in [0.5, 0.6) is 11.5 Å². The Morgan fingerprint density at radius 1 is 1.05 bits per heavy atom. The number of nitrogens with zero attached hydrogens (tertiary/aromatic N) is 4. The number of methoxy groups -OCH3 is 2. The van der Waals surface area contributed by atoms with Crippen molar-refractivity contribution in [1.82, 2.24) is 15.0 Å². The molecule has 0 amide bonds. The van der Waals surface area contributed by atoms with Crippen LogP contribution in [0.15, 0.2) is 18.2 Å². The van der Waals surface area contributed by atoms with Crippen molar-refractivity contribution in [2.24, 2.45) is 0 Å². The number of hydrogen-bond acceptors (Lipinski definition) is 7. The maximum atomic E-state index is 5.74. The molecular formula is C13H17N5O2. The molecule has 2 rings (SSSR count). The molecule has 0 saturated heterocycles. The molecule has 1 heterocycles. The molecule has 0 aliphatic heterocycles. The van der Waals surface area contributed by atoms with Gasteiger partial charge in [-0.25, -0.2) is 0 Å². The monoisotopic (exact) mass is 275 g/mol. The summed E-state index contributed by atoms with van der Waals surface area (Å²) in [5.74, 6) is 2.41. The smallest absolute Gasteiger partial charge is 0.230 e. The van der Waals surface area contributed by atoms with Crippen LogP contribution in [0, 0.1) is 0 Å². The van der Waals surface area contributed by atoms with E-state index in [9.17, 15) is 0 Å². The Balaban J connectivity index is 2.60. The van der Waals surface area contributed by atoms with E-state index >= 15 is 0 Å². The van der Waals surface area contributed by atoms with E-state index in [0.717, 1.165) is 0 Å². The molecule has 2 aromatic rings. The minimum absolute atomic E-state index is 0.156. The SMILES string of the molecule is COc1ccc(OC)c(-c2nc(N)nc(N(C)C)n2)c1. The van der Waals surface area contributed by atoms with Gasteiger partial charge in [0.15, 0.2) is 5.82 Å². The van der Waals surface area contributed by atoms with Gasteiger partial charge in [-0.2, -0.15) is 15.0 Å². The molecule has 1 aromatic heterocycles. The number of hydrogen-bond donors (Lipinski definition) is 1. The number of nitrogen functional groups attached to an aromatic ring is 1. The van der Waals surface area contributed by atoms with Crippen molar-refractivity contribution in [2.45, 2.75) is 0 Å². The molecule has 1 aromatic carbocycles. The lowest BCUT2D eigenvalue weighted by Gasteiger charge is -2.13. The largest absolute Gasteiger partial charge is 0.497 e. The number of anilines is 2. The molecule has 0 fully saturated rings. The second-order valence-corrected chi connectivity index (χ2v) is 4.28. The highest BCUT2D eigenvalue weighted by Crippen LogP contribution is 2.32. The molecule has 20 heavy (non-hydrogen) atoms. The highest BCUT2D eigenvalue weighted by atomic mass is 16.5. The molecule has 0 saturated carbocycles. The topological polar surface area (TPSA) is 86.4 Å². The maximum Gasteiger partial charge on any atom is 0.230 e. The fraction of sp³-hybridized carbons (Fsp3) is 0.308. The molecule has 0 bridgehead atoms. The highest BCUT2D eigenvalue weighted by molar-refractivity contribution is 5.67. The van der Waals surface area contributed by atoms with Gasteiger partial charge in [0.25, 0.3) is 0 Å². The molecule has 106 valence electrons. The zero-order valence-electron chi connectivity index (χ0n) is 11.9. The third-order valence-electron chi connectivity index (χ3n) is 2.69. The lowest BCUT2D eigenvalue weighted by molar-refractivity contribution is 0.404. The zero-order valence-corrected chi connectivity index (χ0v) is 11.9. The van der Waals surface area contributed by atoms with Crippen molar-refractivity contribution in [2.75, 3.05) is 38.9 Å². The summed E-state index contributed by atoms with van der Waals surface area (Å²) < 4.78 is 10.5. The van der Waals surface area contributed by atoms with Crippen molar-refractivity contribution in [3.63, 3.8) is 0 Å². The van der Waals surface area contributed by atoms with Crippen molar-refractivity contribution < 1.29 is 9.47 Å². The highest BCUT2D eigenvalue weighted by Gasteiger charge is 2.14. The Morgan fingerprint density at radius 2 is 1.80 bits per heavy atom. The van der Waals surface area contributed by atoms with E-state index < -0.39 is 0 Å². The van der Waals surface area contributed by atoms with Gasteiger partial charge in [0.1, 0.15) is 11.5 Å². The first-order valence-electron chi connectivity index (χ1n) is 5.96. The average molecular weight is 275 g/mol. The summed E-state index contributed by atoms with van der Waals surface area (Å²) in [6, 6.07) is 5.40. The van der Waals surface area contributed by atoms with Crippen molar-refractivity contribution in [3.8, 4) is 22.9 Å². The summed E-state index contributed by atoms with van der Waals surface area (Å²) in [5, 5.41) is 0. The Labute approximate surface area is 117 Å². The molecule has 0 unspecified atom stereocenters. The first-order valence-corrected chi connectivity index (χ1v) is 5.96. The van der Waals surface area contributed by atoms with Gasteiger partial charge in [-0.15, -0.1) is 0 Å². The summed E-state index contributed by atoms with van der Waals surface area (Å²) in [6.07, 6.45) is 0. The average Bonchev–Trinajstić information content (AvgIpc) is 2.45. The molecule has 0 atom stereocenters. The van der Waals surface area contributed by atoms with E-state index in [-0.39, 0.29) is 5.95 Å². The van der Waals surface area contributed by atoms with Crippen LogP contribution in [-0.2, 0) is 0 Å². The molecule has 2 N–H and O–H groups in total. The third-order valence-corrected chi connectivity index (χ3v) is 2.69. The number of rotatable bonds is 4. The van der Waals surface area contributed by atoms with Gasteiger partial charge in [0, 0.05) is 14.1 Å². The number of benzene rings is 1. The van der Waals surface area contributed by atoms with Gasteiger partial charge >= 0.3 is 0 Å². The Bertz CT molecular complexity index is 616. The molecule has 0 aliphatic rings. The number of aromatic nitrogens is 3. The summed E-state index contributed by atoms with van der Waals surface area (Å²) in [6.45, 7) is 0. The van der Waals surface area contributed by atoms with Gasteiger partial charge in [0.05, 0.1) is 19.8 Å². The second kappa shape index (κ2) is 5.60. The Morgan fingerprint density at radius 3 is 2.40 bits per heavy atom. The van der Waals surface area contributed by atoms with E-state index in [0.29, 0.717) is 28.8 Å². The van der Waals surface area contributed by atoms with Crippen LogP contribution in [0.2, 0.25) is 0 Å². The van der Waals surface area contributed by atoms with E-state index in [1.54, 1.807) is 37.3 Å². The summed E-state index contributed by atoms with van der Waals surface area (Å²) in [5.41, 5.74) is 6.43. The molecule has 7 nitrogen and oxygen atoms in total. The molecule has 7 heteroatoms. The van der Waals surface area contributed by atoms with Crippen LogP contribution in [0.3, 0.4) is 0 Å². The quantitative estimate of drug-likeness (QED) is 0.897. The first-order chi connectivity index (χ1) is 9.55. The third kappa shape index (κ3) is 2.71. The first kappa shape index (κ1) is 13.9. The van der Waals surface area contributed by atoms with Crippen LogP contribution in [0.1, 0.15) is 0 Å². The minimum Gasteiger partial charge on any atom is -0.497 e. The Kier molecular flexibility index (Phi) is 3.88. The molecular weight excluding hydrogens is 258 g/mol. The summed E-state index contributed by atoms with van der Waals surface area (Å²) in [7, 11) is 6.85. The predicted octanol–water partition coefficient (Wildman–Crippen LogP) is 1.20. The zero-order chi connectivity index (χ0) is 14.7. The van der Waals surface area contributed by atoms with E-state index in [1.165, 1.54) is 0 Å². The van der Waals surface area contributed by atoms with Crippen LogP contribution in [-0.4, -0.2) is 43.3 Å². The van der Waals surface area contributed by atoms with E-state index in [2.05, 4.69) is 15.0 Å². The van der Waals surface area contributed by atoms with Gasteiger partial charge < -0.3 is 20.1 Å². The normalized spacial score (nSPS) is 10.2. The van der Waals surface area contributed by atoms with Gasteiger partial charge in [-0.05, 0) is 18.2 Å². The van der Waals surface area contributed by atoms with Crippen molar-refractivity contribution in [1.29, 1.82) is 0 Å². The van der Waals surface area contributed by atoms with Crippen molar-refractivity contribution >= 4 is 11.9 Å². The fourth-order valence-electron chi connectivity index (χ4n) is 1.69. The van der Waals surface area contributed by atoms with E-state index in [4.69, 9.17) is 15.2 Å². The number of nitrogens with two attached hydrogens (primary N) is 1. The van der Waals surface area contributed by atoms with Crippen molar-refractivity contribution in [3.05, 3.63) is 18.2 Å². The predicted molar refractivity (Wildman–Crippen MR) is 77.1 cm³/mol. The standard InChI is InChI=1S/C13H17N5O2/c1-18(2)13-16-11(15-12(14)17-13)9-7-8(19-3)5-6-10(9)20-4/h5-7H,1-4H3,(H2,14,15,16,17). The summed E-state index contributed by atoms with van der Waals surface area (Å²) >= 11 is 0. The maximum absolute atomic E-state index is 5.74. The lowest BCUT2D eigenvalue weighted by Crippen LogP contribution is -2.15. The van der Waals surface area contributed by atoms with Crippen LogP contribution >= 0.6 is 0 Å².